The van der Waals surface area contributed by atoms with Gasteiger partial charge >= 0.3 is 0 Å². The van der Waals surface area contributed by atoms with E-state index in [0.717, 1.165) is 38.4 Å². The third-order valence-corrected chi connectivity index (χ3v) is 3.27. The molecule has 0 spiro atoms. The molecule has 1 aliphatic heterocycles. The van der Waals surface area contributed by atoms with E-state index in [1.54, 1.807) is 6.92 Å². The van der Waals surface area contributed by atoms with Crippen molar-refractivity contribution in [1.29, 1.82) is 0 Å². The predicted molar refractivity (Wildman–Crippen MR) is 68.1 cm³/mol. The van der Waals surface area contributed by atoms with Gasteiger partial charge in [-0.3, -0.25) is 4.79 Å². The summed E-state index contributed by atoms with van der Waals surface area (Å²) < 4.78 is 0. The molecule has 0 N–H and O–H groups in total. The first-order valence-corrected chi connectivity index (χ1v) is 6.16. The van der Waals surface area contributed by atoms with Crippen LogP contribution in [0, 0.1) is 0 Å². The van der Waals surface area contributed by atoms with E-state index in [1.807, 2.05) is 11.1 Å². The minimum atomic E-state index is 0.166. The molecular weight excluding hydrogens is 214 g/mol. The second kappa shape index (κ2) is 5.17. The lowest BCUT2D eigenvalue weighted by atomic mass is 10.2. The summed E-state index contributed by atoms with van der Waals surface area (Å²) in [6, 6.07) is 4.20. The molecule has 4 nitrogen and oxygen atoms in total. The number of piperazine rings is 1. The average Bonchev–Trinajstić information content (AvgIpc) is 2.39. The Kier molecular flexibility index (Phi) is 3.61. The van der Waals surface area contributed by atoms with Crippen LogP contribution < -0.4 is 4.90 Å². The van der Waals surface area contributed by atoms with Gasteiger partial charge in [-0.25, -0.2) is 4.98 Å². The lowest BCUT2D eigenvalue weighted by molar-refractivity contribution is -0.129. The van der Waals surface area contributed by atoms with Crippen molar-refractivity contribution in [2.45, 2.75) is 20.3 Å². The van der Waals surface area contributed by atoms with Crippen molar-refractivity contribution in [2.75, 3.05) is 31.1 Å². The molecule has 0 radical (unpaired) electrons. The summed E-state index contributed by atoms with van der Waals surface area (Å²) in [5.41, 5.74) is 1.26. The summed E-state index contributed by atoms with van der Waals surface area (Å²) in [6.45, 7) is 7.10. The third kappa shape index (κ3) is 2.75. The highest BCUT2D eigenvalue weighted by molar-refractivity contribution is 5.73. The largest absolute Gasteiger partial charge is 0.353 e. The first-order valence-electron chi connectivity index (χ1n) is 6.16. The second-order valence-corrected chi connectivity index (χ2v) is 4.37. The van der Waals surface area contributed by atoms with Crippen LogP contribution in [0.3, 0.4) is 0 Å². The van der Waals surface area contributed by atoms with Gasteiger partial charge in [0, 0.05) is 39.3 Å². The predicted octanol–water partition coefficient (Wildman–Crippen LogP) is 1.31. The van der Waals surface area contributed by atoms with Crippen molar-refractivity contribution in [2.24, 2.45) is 0 Å². The number of carbonyl (C=O) groups excluding carboxylic acids is 1. The summed E-state index contributed by atoms with van der Waals surface area (Å²) in [7, 11) is 0. The standard InChI is InChI=1S/C13H19N3O/c1-3-12-4-5-13(14-10-12)16-8-6-15(7-9-16)11(2)17/h4-5,10H,3,6-9H2,1-2H3. The molecule has 0 bridgehead atoms. The Morgan fingerprint density at radius 2 is 2.00 bits per heavy atom. The fraction of sp³-hybridized carbons (Fsp3) is 0.538. The number of amides is 1. The van der Waals surface area contributed by atoms with Crippen LogP contribution in [0.5, 0.6) is 0 Å². The summed E-state index contributed by atoms with van der Waals surface area (Å²) in [5.74, 6) is 1.18. The Hall–Kier alpha value is -1.58. The average molecular weight is 233 g/mol. The van der Waals surface area contributed by atoms with E-state index in [1.165, 1.54) is 5.56 Å². The van der Waals surface area contributed by atoms with E-state index in [0.29, 0.717) is 0 Å². The molecule has 1 saturated heterocycles. The van der Waals surface area contributed by atoms with Gasteiger partial charge in [0.2, 0.25) is 5.91 Å². The van der Waals surface area contributed by atoms with E-state index < -0.39 is 0 Å². The lowest BCUT2D eigenvalue weighted by Crippen LogP contribution is -2.48. The monoisotopic (exact) mass is 233 g/mol. The van der Waals surface area contributed by atoms with E-state index in [4.69, 9.17) is 0 Å². The Morgan fingerprint density at radius 1 is 1.29 bits per heavy atom. The number of rotatable bonds is 2. The van der Waals surface area contributed by atoms with Crippen LogP contribution in [0.15, 0.2) is 18.3 Å². The van der Waals surface area contributed by atoms with E-state index in [-0.39, 0.29) is 5.91 Å². The molecule has 1 aromatic rings. The molecule has 17 heavy (non-hydrogen) atoms. The van der Waals surface area contributed by atoms with Gasteiger partial charge in [0.15, 0.2) is 0 Å². The maximum absolute atomic E-state index is 11.2. The van der Waals surface area contributed by atoms with Crippen LogP contribution in [0.2, 0.25) is 0 Å². The fourth-order valence-corrected chi connectivity index (χ4v) is 2.06. The van der Waals surface area contributed by atoms with Gasteiger partial charge < -0.3 is 9.80 Å². The maximum Gasteiger partial charge on any atom is 0.219 e. The van der Waals surface area contributed by atoms with Gasteiger partial charge in [0.25, 0.3) is 0 Å². The van der Waals surface area contributed by atoms with Crippen molar-refractivity contribution in [3.05, 3.63) is 23.9 Å². The molecule has 4 heteroatoms. The fourth-order valence-electron chi connectivity index (χ4n) is 2.06. The zero-order chi connectivity index (χ0) is 12.3. The minimum absolute atomic E-state index is 0.166. The highest BCUT2D eigenvalue weighted by Gasteiger charge is 2.19. The number of nitrogens with zero attached hydrogens (tertiary/aromatic N) is 3. The molecule has 92 valence electrons. The molecule has 0 aromatic carbocycles. The molecule has 0 unspecified atom stereocenters. The molecular formula is C13H19N3O. The third-order valence-electron chi connectivity index (χ3n) is 3.27. The number of pyridine rings is 1. The molecule has 2 rings (SSSR count). The van der Waals surface area contributed by atoms with Gasteiger partial charge in [0.05, 0.1) is 0 Å². The zero-order valence-corrected chi connectivity index (χ0v) is 10.5. The topological polar surface area (TPSA) is 36.4 Å². The zero-order valence-electron chi connectivity index (χ0n) is 10.5. The van der Waals surface area contributed by atoms with Gasteiger partial charge in [0.1, 0.15) is 5.82 Å². The Morgan fingerprint density at radius 3 is 2.47 bits per heavy atom. The summed E-state index contributed by atoms with van der Waals surface area (Å²) in [6.07, 6.45) is 2.96. The van der Waals surface area contributed by atoms with Crippen molar-refractivity contribution in [1.82, 2.24) is 9.88 Å². The van der Waals surface area contributed by atoms with Gasteiger partial charge in [-0.1, -0.05) is 13.0 Å². The number of hydrogen-bond donors (Lipinski definition) is 0. The molecule has 1 fully saturated rings. The number of carbonyl (C=O) groups is 1. The first-order chi connectivity index (χ1) is 8.20. The quantitative estimate of drug-likeness (QED) is 0.773. The summed E-state index contributed by atoms with van der Waals surface area (Å²) in [5, 5.41) is 0. The summed E-state index contributed by atoms with van der Waals surface area (Å²) in [4.78, 5) is 19.8. The highest BCUT2D eigenvalue weighted by Crippen LogP contribution is 2.14. The van der Waals surface area contributed by atoms with Gasteiger partial charge in [-0.2, -0.15) is 0 Å². The second-order valence-electron chi connectivity index (χ2n) is 4.37. The summed E-state index contributed by atoms with van der Waals surface area (Å²) >= 11 is 0. The van der Waals surface area contributed by atoms with Gasteiger partial charge in [-0.15, -0.1) is 0 Å². The molecule has 2 heterocycles. The molecule has 0 saturated carbocycles. The Balaban J connectivity index is 1.97. The molecule has 0 atom stereocenters. The molecule has 1 amide bonds. The Bertz CT molecular complexity index is 380. The van der Waals surface area contributed by atoms with Gasteiger partial charge in [-0.05, 0) is 18.1 Å². The Labute approximate surface area is 102 Å². The van der Waals surface area contributed by atoms with Crippen molar-refractivity contribution < 1.29 is 4.79 Å². The van der Waals surface area contributed by atoms with E-state index >= 15 is 0 Å². The lowest BCUT2D eigenvalue weighted by Gasteiger charge is -2.34. The maximum atomic E-state index is 11.2. The number of aryl methyl sites for hydroxylation is 1. The number of hydrogen-bond acceptors (Lipinski definition) is 3. The van der Waals surface area contributed by atoms with Crippen LogP contribution in [-0.4, -0.2) is 42.0 Å². The van der Waals surface area contributed by atoms with Crippen LogP contribution in [-0.2, 0) is 11.2 Å². The van der Waals surface area contributed by atoms with Crippen LogP contribution >= 0.6 is 0 Å². The normalized spacial score (nSPS) is 16.1. The smallest absolute Gasteiger partial charge is 0.219 e. The molecule has 1 aliphatic rings. The highest BCUT2D eigenvalue weighted by atomic mass is 16.2. The number of anilines is 1. The SMILES string of the molecule is CCc1ccc(N2CCN(C(C)=O)CC2)nc1. The number of aromatic nitrogens is 1. The minimum Gasteiger partial charge on any atom is -0.353 e. The van der Waals surface area contributed by atoms with Crippen molar-refractivity contribution >= 4 is 11.7 Å². The van der Waals surface area contributed by atoms with E-state index in [2.05, 4.69) is 28.9 Å². The van der Waals surface area contributed by atoms with Crippen molar-refractivity contribution in [3.63, 3.8) is 0 Å². The van der Waals surface area contributed by atoms with Crippen LogP contribution in [0.4, 0.5) is 5.82 Å². The van der Waals surface area contributed by atoms with Crippen LogP contribution in [0.25, 0.3) is 0 Å². The van der Waals surface area contributed by atoms with Crippen LogP contribution in [0.1, 0.15) is 19.4 Å². The van der Waals surface area contributed by atoms with Crippen molar-refractivity contribution in [3.8, 4) is 0 Å². The van der Waals surface area contributed by atoms with E-state index in [9.17, 15) is 4.79 Å². The molecule has 0 aliphatic carbocycles. The molecule has 1 aromatic heterocycles. The first kappa shape index (κ1) is 11.9.